The molecule has 0 spiro atoms. The quantitative estimate of drug-likeness (QED) is 0.378. The molecule has 1 heterocycles. The van der Waals surface area contributed by atoms with Crippen molar-refractivity contribution < 1.29 is 9.64 Å². The number of thiocarbonyl (C=S) groups is 1. The molecule has 2 aromatic carbocycles. The average Bonchev–Trinajstić information content (AvgIpc) is 2.76. The van der Waals surface area contributed by atoms with E-state index < -0.39 is 0 Å². The number of hydrazone groups is 1. The van der Waals surface area contributed by atoms with Gasteiger partial charge in [0.2, 0.25) is 0 Å². The fourth-order valence-electron chi connectivity index (χ4n) is 2.96. The Kier molecular flexibility index (Phi) is 8.18. The number of ether oxygens (including phenoxy) is 1. The van der Waals surface area contributed by atoms with E-state index in [-0.39, 0.29) is 0 Å². The van der Waals surface area contributed by atoms with Gasteiger partial charge in [0.1, 0.15) is 13.1 Å². The fraction of sp³-hybridized carbons (Fsp3) is 0.273. The Labute approximate surface area is 172 Å². The van der Waals surface area contributed by atoms with Crippen molar-refractivity contribution in [2.24, 2.45) is 5.10 Å². The van der Waals surface area contributed by atoms with Crippen LogP contribution in [0.25, 0.3) is 6.08 Å². The van der Waals surface area contributed by atoms with E-state index in [2.05, 4.69) is 28.0 Å². The van der Waals surface area contributed by atoms with Gasteiger partial charge in [0.05, 0.1) is 32.0 Å². The Morgan fingerprint density at radius 1 is 1.04 bits per heavy atom. The first-order chi connectivity index (χ1) is 13.8. The first-order valence-corrected chi connectivity index (χ1v) is 10.0. The lowest BCUT2D eigenvalue weighted by molar-refractivity contribution is -0.906. The smallest absolute Gasteiger partial charge is 0.187 e. The zero-order valence-corrected chi connectivity index (χ0v) is 16.8. The molecule has 2 aromatic rings. The summed E-state index contributed by atoms with van der Waals surface area (Å²) in [6.07, 6.45) is 4.05. The van der Waals surface area contributed by atoms with Gasteiger partial charge in [0.15, 0.2) is 5.11 Å². The van der Waals surface area contributed by atoms with Crippen molar-refractivity contribution in [2.75, 3.05) is 39.4 Å². The van der Waals surface area contributed by atoms with Crippen molar-refractivity contribution >= 4 is 29.1 Å². The van der Waals surface area contributed by atoms with Crippen LogP contribution in [-0.2, 0) is 4.74 Å². The molecule has 1 saturated heterocycles. The molecule has 3 N–H and O–H groups in total. The summed E-state index contributed by atoms with van der Waals surface area (Å²) >= 11 is 5.38. The first kappa shape index (κ1) is 20.2. The predicted octanol–water partition coefficient (Wildman–Crippen LogP) is 1.48. The number of rotatable bonds is 7. The second-order valence-electron chi connectivity index (χ2n) is 6.59. The van der Waals surface area contributed by atoms with E-state index in [0.717, 1.165) is 56.2 Å². The summed E-state index contributed by atoms with van der Waals surface area (Å²) in [6.45, 7) is 5.64. The summed E-state index contributed by atoms with van der Waals surface area (Å²) in [7, 11) is 0. The third kappa shape index (κ3) is 6.88. The van der Waals surface area contributed by atoms with Gasteiger partial charge in [-0.1, -0.05) is 66.7 Å². The third-order valence-electron chi connectivity index (χ3n) is 4.54. The van der Waals surface area contributed by atoms with E-state index in [1.54, 1.807) is 4.90 Å². The van der Waals surface area contributed by atoms with Gasteiger partial charge in [0, 0.05) is 5.56 Å². The molecule has 0 unspecified atom stereocenters. The molecule has 0 saturated carbocycles. The van der Waals surface area contributed by atoms with Gasteiger partial charge >= 0.3 is 0 Å². The number of quaternary nitrogens is 1. The number of hydrogen-bond donors (Lipinski definition) is 3. The molecule has 6 heteroatoms. The fourth-order valence-corrected chi connectivity index (χ4v) is 3.11. The molecule has 1 fully saturated rings. The van der Waals surface area contributed by atoms with Gasteiger partial charge < -0.3 is 15.0 Å². The van der Waals surface area contributed by atoms with E-state index in [0.29, 0.717) is 5.11 Å². The van der Waals surface area contributed by atoms with Crippen molar-refractivity contribution in [2.45, 2.75) is 0 Å². The van der Waals surface area contributed by atoms with Gasteiger partial charge in [-0.05, 0) is 23.9 Å². The molecule has 0 radical (unpaired) electrons. The number of allylic oxidation sites excluding steroid dienone is 1. The second kappa shape index (κ2) is 11.3. The molecule has 1 aliphatic rings. The van der Waals surface area contributed by atoms with Gasteiger partial charge in [-0.15, -0.1) is 0 Å². The van der Waals surface area contributed by atoms with Crippen molar-refractivity contribution in [3.63, 3.8) is 0 Å². The highest BCUT2D eigenvalue weighted by Gasteiger charge is 2.12. The van der Waals surface area contributed by atoms with Crippen molar-refractivity contribution in [1.82, 2.24) is 10.7 Å². The normalized spacial score (nSPS) is 15.5. The molecule has 146 valence electrons. The van der Waals surface area contributed by atoms with Crippen LogP contribution in [0.4, 0.5) is 0 Å². The molecule has 1 aliphatic heterocycles. The molecule has 0 amide bonds. The summed E-state index contributed by atoms with van der Waals surface area (Å²) in [5.41, 5.74) is 5.96. The highest BCUT2D eigenvalue weighted by Crippen LogP contribution is 2.06. The van der Waals surface area contributed by atoms with Crippen LogP contribution in [0.5, 0.6) is 0 Å². The lowest BCUT2D eigenvalue weighted by atomic mass is 10.1. The molecule has 0 bridgehead atoms. The molecule has 28 heavy (non-hydrogen) atoms. The molecule has 5 nitrogen and oxygen atoms in total. The SMILES string of the molecule is S=C(NCC[NH+]1CCOCC1)N/N=C(\C=C\c1ccccc1)c1ccccc1. The molecule has 3 rings (SSSR count). The molecular weight excluding hydrogens is 368 g/mol. The van der Waals surface area contributed by atoms with Gasteiger partial charge in [0.25, 0.3) is 0 Å². The van der Waals surface area contributed by atoms with E-state index in [1.807, 2.05) is 60.7 Å². The number of nitrogens with zero attached hydrogens (tertiary/aromatic N) is 1. The summed E-state index contributed by atoms with van der Waals surface area (Å²) in [5, 5.41) is 8.30. The standard InChI is InChI=1S/C22H26N4OS/c28-22(23-13-14-26-15-17-27-18-16-26)25-24-21(20-9-5-2-6-10-20)12-11-19-7-3-1-4-8-19/h1-12H,13-18H2,(H2,23,25,28)/p+1/b12-11+,24-21+. The molecular formula is C22H27N4OS+. The van der Waals surface area contributed by atoms with Crippen LogP contribution in [-0.4, -0.2) is 50.2 Å². The Balaban J connectivity index is 1.57. The summed E-state index contributed by atoms with van der Waals surface area (Å²) in [4.78, 5) is 1.54. The molecule has 0 aromatic heterocycles. The zero-order valence-electron chi connectivity index (χ0n) is 15.9. The highest BCUT2D eigenvalue weighted by atomic mass is 32.1. The summed E-state index contributed by atoms with van der Waals surface area (Å²) in [6, 6.07) is 20.2. The largest absolute Gasteiger partial charge is 0.370 e. The van der Waals surface area contributed by atoms with Crippen LogP contribution in [0, 0.1) is 0 Å². The van der Waals surface area contributed by atoms with E-state index in [9.17, 15) is 0 Å². The summed E-state index contributed by atoms with van der Waals surface area (Å²) in [5.74, 6) is 0. The van der Waals surface area contributed by atoms with Crippen LogP contribution in [0.3, 0.4) is 0 Å². The number of hydrogen-bond acceptors (Lipinski definition) is 3. The third-order valence-corrected chi connectivity index (χ3v) is 4.78. The average molecular weight is 396 g/mol. The van der Waals surface area contributed by atoms with Crippen LogP contribution < -0.4 is 15.6 Å². The number of nitrogens with one attached hydrogen (secondary N) is 3. The van der Waals surface area contributed by atoms with Crippen molar-refractivity contribution in [3.8, 4) is 0 Å². The molecule has 0 aliphatic carbocycles. The lowest BCUT2D eigenvalue weighted by Crippen LogP contribution is -3.14. The Hall–Kier alpha value is -2.54. The maximum atomic E-state index is 5.39. The molecule has 0 atom stereocenters. The highest BCUT2D eigenvalue weighted by molar-refractivity contribution is 7.80. The Bertz CT molecular complexity index is 787. The Morgan fingerprint density at radius 2 is 1.71 bits per heavy atom. The maximum absolute atomic E-state index is 5.39. The van der Waals surface area contributed by atoms with Crippen LogP contribution >= 0.6 is 12.2 Å². The zero-order chi connectivity index (χ0) is 19.4. The topological polar surface area (TPSA) is 50.1 Å². The van der Waals surface area contributed by atoms with Crippen molar-refractivity contribution in [1.29, 1.82) is 0 Å². The van der Waals surface area contributed by atoms with Gasteiger partial charge in [-0.3, -0.25) is 5.43 Å². The van der Waals surface area contributed by atoms with E-state index in [4.69, 9.17) is 17.0 Å². The second-order valence-corrected chi connectivity index (χ2v) is 7.00. The van der Waals surface area contributed by atoms with E-state index >= 15 is 0 Å². The predicted molar refractivity (Wildman–Crippen MR) is 119 cm³/mol. The monoisotopic (exact) mass is 395 g/mol. The minimum Gasteiger partial charge on any atom is -0.370 e. The summed E-state index contributed by atoms with van der Waals surface area (Å²) < 4.78 is 5.39. The minimum atomic E-state index is 0.536. The van der Waals surface area contributed by atoms with Crippen LogP contribution in [0.2, 0.25) is 0 Å². The van der Waals surface area contributed by atoms with Crippen molar-refractivity contribution in [3.05, 3.63) is 77.9 Å². The lowest BCUT2D eigenvalue weighted by Gasteiger charge is -2.23. The van der Waals surface area contributed by atoms with Gasteiger partial charge in [-0.25, -0.2) is 0 Å². The van der Waals surface area contributed by atoms with E-state index in [1.165, 1.54) is 0 Å². The van der Waals surface area contributed by atoms with Crippen LogP contribution in [0.15, 0.2) is 71.8 Å². The number of morpholine rings is 1. The van der Waals surface area contributed by atoms with Crippen LogP contribution in [0.1, 0.15) is 11.1 Å². The maximum Gasteiger partial charge on any atom is 0.187 e. The Morgan fingerprint density at radius 3 is 2.43 bits per heavy atom. The first-order valence-electron chi connectivity index (χ1n) is 9.62. The van der Waals surface area contributed by atoms with Gasteiger partial charge in [-0.2, -0.15) is 5.10 Å². The number of benzene rings is 2. The minimum absolute atomic E-state index is 0.536.